The van der Waals surface area contributed by atoms with E-state index in [0.717, 1.165) is 11.3 Å². The van der Waals surface area contributed by atoms with Gasteiger partial charge in [-0.05, 0) is 24.8 Å². The number of thiophene rings is 1. The topological polar surface area (TPSA) is 64.9 Å². The van der Waals surface area contributed by atoms with Gasteiger partial charge in [-0.2, -0.15) is 4.98 Å². The van der Waals surface area contributed by atoms with Crippen LogP contribution in [-0.4, -0.2) is 10.1 Å². The third-order valence-electron chi connectivity index (χ3n) is 2.48. The molecule has 0 aliphatic heterocycles. The molecule has 0 fully saturated rings. The zero-order chi connectivity index (χ0) is 11.8. The Balaban J connectivity index is 2.37. The molecular formula is C10H12ClN3OS. The molecule has 0 amide bonds. The summed E-state index contributed by atoms with van der Waals surface area (Å²) < 4.78 is 5.16. The normalized spacial score (nSPS) is 15.0. The number of nitrogens with zero attached hydrogens (tertiary/aromatic N) is 2. The molecule has 2 heterocycles. The van der Waals surface area contributed by atoms with Crippen molar-refractivity contribution in [2.45, 2.75) is 25.8 Å². The van der Waals surface area contributed by atoms with Crippen LogP contribution in [0.5, 0.6) is 0 Å². The highest BCUT2D eigenvalue weighted by Crippen LogP contribution is 2.32. The minimum Gasteiger partial charge on any atom is -0.333 e. The van der Waals surface area contributed by atoms with Gasteiger partial charge in [0.1, 0.15) is 4.88 Å². The van der Waals surface area contributed by atoms with Crippen molar-refractivity contribution in [2.24, 2.45) is 5.73 Å². The quantitative estimate of drug-likeness (QED) is 0.918. The predicted octanol–water partition coefficient (Wildman–Crippen LogP) is 3.04. The van der Waals surface area contributed by atoms with Gasteiger partial charge < -0.3 is 10.3 Å². The molecule has 0 aliphatic rings. The molecule has 1 atom stereocenters. The first kappa shape index (κ1) is 11.6. The van der Waals surface area contributed by atoms with E-state index >= 15 is 0 Å². The first-order valence-electron chi connectivity index (χ1n) is 4.91. The van der Waals surface area contributed by atoms with Gasteiger partial charge in [0.15, 0.2) is 5.82 Å². The van der Waals surface area contributed by atoms with Crippen LogP contribution in [0.15, 0.2) is 16.0 Å². The van der Waals surface area contributed by atoms with E-state index in [0.29, 0.717) is 16.7 Å². The number of rotatable bonds is 3. The van der Waals surface area contributed by atoms with Crippen LogP contribution in [0.1, 0.15) is 26.1 Å². The van der Waals surface area contributed by atoms with Gasteiger partial charge in [-0.15, -0.1) is 11.3 Å². The van der Waals surface area contributed by atoms with Crippen molar-refractivity contribution in [1.29, 1.82) is 0 Å². The average molecular weight is 258 g/mol. The van der Waals surface area contributed by atoms with Crippen LogP contribution < -0.4 is 5.73 Å². The summed E-state index contributed by atoms with van der Waals surface area (Å²) in [5.74, 6) is 0.939. The van der Waals surface area contributed by atoms with E-state index < -0.39 is 5.54 Å². The SMILES string of the molecule is CCC(C)(N)c1noc(-c2sccc2Cl)n1. The molecule has 0 spiro atoms. The molecule has 16 heavy (non-hydrogen) atoms. The van der Waals surface area contributed by atoms with Gasteiger partial charge in [-0.3, -0.25) is 0 Å². The molecule has 2 aromatic heterocycles. The Hall–Kier alpha value is -0.910. The summed E-state index contributed by atoms with van der Waals surface area (Å²) in [6, 6.07) is 1.80. The smallest absolute Gasteiger partial charge is 0.269 e. The third-order valence-corrected chi connectivity index (χ3v) is 3.81. The van der Waals surface area contributed by atoms with Gasteiger partial charge in [0.25, 0.3) is 5.89 Å². The summed E-state index contributed by atoms with van der Waals surface area (Å²) in [5, 5.41) is 6.39. The van der Waals surface area contributed by atoms with E-state index in [9.17, 15) is 0 Å². The lowest BCUT2D eigenvalue weighted by atomic mass is 10.0. The molecule has 2 rings (SSSR count). The van der Waals surface area contributed by atoms with E-state index in [-0.39, 0.29) is 0 Å². The van der Waals surface area contributed by atoms with Gasteiger partial charge in [-0.1, -0.05) is 23.7 Å². The summed E-state index contributed by atoms with van der Waals surface area (Å²) in [5.41, 5.74) is 5.46. The van der Waals surface area contributed by atoms with Crippen molar-refractivity contribution >= 4 is 22.9 Å². The number of halogens is 1. The third kappa shape index (κ3) is 1.98. The Morgan fingerprint density at radius 2 is 2.38 bits per heavy atom. The molecule has 6 heteroatoms. The van der Waals surface area contributed by atoms with Crippen molar-refractivity contribution in [3.8, 4) is 10.8 Å². The summed E-state index contributed by atoms with van der Waals surface area (Å²) in [7, 11) is 0. The maximum atomic E-state index is 6.03. The highest BCUT2D eigenvalue weighted by atomic mass is 35.5. The van der Waals surface area contributed by atoms with Gasteiger partial charge in [-0.25, -0.2) is 0 Å². The lowest BCUT2D eigenvalue weighted by Gasteiger charge is -2.16. The Bertz CT molecular complexity index is 492. The lowest BCUT2D eigenvalue weighted by molar-refractivity contribution is 0.379. The van der Waals surface area contributed by atoms with E-state index in [4.69, 9.17) is 21.9 Å². The second-order valence-electron chi connectivity index (χ2n) is 3.79. The van der Waals surface area contributed by atoms with Crippen LogP contribution in [0, 0.1) is 0 Å². The van der Waals surface area contributed by atoms with Crippen molar-refractivity contribution in [3.63, 3.8) is 0 Å². The molecule has 2 N–H and O–H groups in total. The molecule has 0 radical (unpaired) electrons. The molecule has 2 aromatic rings. The standard InChI is InChI=1S/C10H12ClN3OS/c1-3-10(2,12)9-13-8(15-14-9)7-6(11)4-5-16-7/h4-5H,3,12H2,1-2H3. The van der Waals surface area contributed by atoms with Crippen molar-refractivity contribution in [2.75, 3.05) is 0 Å². The molecule has 86 valence electrons. The predicted molar refractivity (Wildman–Crippen MR) is 64.5 cm³/mol. The van der Waals surface area contributed by atoms with Crippen LogP contribution in [0.2, 0.25) is 5.02 Å². The van der Waals surface area contributed by atoms with E-state index in [1.165, 1.54) is 11.3 Å². The Morgan fingerprint density at radius 1 is 1.62 bits per heavy atom. The fourth-order valence-corrected chi connectivity index (χ4v) is 2.21. The minimum atomic E-state index is -0.564. The van der Waals surface area contributed by atoms with Crippen LogP contribution in [-0.2, 0) is 5.54 Å². The zero-order valence-corrected chi connectivity index (χ0v) is 10.6. The molecule has 4 nitrogen and oxygen atoms in total. The lowest BCUT2D eigenvalue weighted by Crippen LogP contribution is -2.33. The molecule has 0 bridgehead atoms. The zero-order valence-electron chi connectivity index (χ0n) is 9.03. The van der Waals surface area contributed by atoms with Gasteiger partial charge in [0.2, 0.25) is 0 Å². The second kappa shape index (κ2) is 4.16. The molecular weight excluding hydrogens is 246 g/mol. The Kier molecular flexibility index (Phi) is 3.01. The van der Waals surface area contributed by atoms with Crippen molar-refractivity contribution < 1.29 is 4.52 Å². The maximum absolute atomic E-state index is 6.03. The average Bonchev–Trinajstić information content (AvgIpc) is 2.85. The van der Waals surface area contributed by atoms with Crippen LogP contribution in [0.25, 0.3) is 10.8 Å². The summed E-state index contributed by atoms with van der Waals surface area (Å²) >= 11 is 7.45. The van der Waals surface area contributed by atoms with Crippen LogP contribution >= 0.6 is 22.9 Å². The van der Waals surface area contributed by atoms with Crippen LogP contribution in [0.3, 0.4) is 0 Å². The molecule has 0 saturated heterocycles. The Morgan fingerprint density at radius 3 is 2.94 bits per heavy atom. The monoisotopic (exact) mass is 257 g/mol. The molecule has 0 aliphatic carbocycles. The fraction of sp³-hybridized carbons (Fsp3) is 0.400. The fourth-order valence-electron chi connectivity index (χ4n) is 1.15. The number of hydrogen-bond donors (Lipinski definition) is 1. The van der Waals surface area contributed by atoms with Gasteiger partial charge in [0.05, 0.1) is 10.6 Å². The van der Waals surface area contributed by atoms with Crippen molar-refractivity contribution in [1.82, 2.24) is 10.1 Å². The second-order valence-corrected chi connectivity index (χ2v) is 5.12. The van der Waals surface area contributed by atoms with E-state index in [1.54, 1.807) is 6.07 Å². The minimum absolute atomic E-state index is 0.431. The van der Waals surface area contributed by atoms with Gasteiger partial charge >= 0.3 is 0 Å². The highest BCUT2D eigenvalue weighted by molar-refractivity contribution is 7.14. The highest BCUT2D eigenvalue weighted by Gasteiger charge is 2.26. The number of hydrogen-bond acceptors (Lipinski definition) is 5. The maximum Gasteiger partial charge on any atom is 0.269 e. The van der Waals surface area contributed by atoms with Gasteiger partial charge in [0, 0.05) is 0 Å². The van der Waals surface area contributed by atoms with E-state index in [1.807, 2.05) is 19.2 Å². The molecule has 0 saturated carbocycles. The largest absolute Gasteiger partial charge is 0.333 e. The van der Waals surface area contributed by atoms with E-state index in [2.05, 4.69) is 10.1 Å². The Labute approximate surface area is 102 Å². The first-order valence-corrected chi connectivity index (χ1v) is 6.17. The number of aromatic nitrogens is 2. The van der Waals surface area contributed by atoms with Crippen molar-refractivity contribution in [3.05, 3.63) is 22.3 Å². The summed E-state index contributed by atoms with van der Waals surface area (Å²) in [6.07, 6.45) is 0.740. The summed E-state index contributed by atoms with van der Waals surface area (Å²) in [6.45, 7) is 3.85. The molecule has 1 unspecified atom stereocenters. The first-order chi connectivity index (χ1) is 7.54. The van der Waals surface area contributed by atoms with Crippen LogP contribution in [0.4, 0.5) is 0 Å². The molecule has 0 aromatic carbocycles. The summed E-state index contributed by atoms with van der Waals surface area (Å²) in [4.78, 5) is 5.06. The number of nitrogens with two attached hydrogens (primary N) is 1.